The average Bonchev–Trinajstić information content (AvgIpc) is 2.79. The van der Waals surface area contributed by atoms with Gasteiger partial charge in [0.2, 0.25) is 0 Å². The van der Waals surface area contributed by atoms with Crippen molar-refractivity contribution in [3.63, 3.8) is 0 Å². The molecule has 1 aromatic rings. The van der Waals surface area contributed by atoms with Crippen molar-refractivity contribution in [2.75, 3.05) is 11.6 Å². The van der Waals surface area contributed by atoms with E-state index in [0.29, 0.717) is 0 Å². The largest absolute Gasteiger partial charge is 0.378 e. The summed E-state index contributed by atoms with van der Waals surface area (Å²) in [6.07, 6.45) is 3.95. The summed E-state index contributed by atoms with van der Waals surface area (Å²) in [6.45, 7) is 3.85. The molecular weight excluding hydrogens is 238 g/mol. The fourth-order valence-electron chi connectivity index (χ4n) is 2.55. The highest BCUT2D eigenvalue weighted by atomic mass is 32.2. The van der Waals surface area contributed by atoms with Crippen LogP contribution >= 0.6 is 0 Å². The average molecular weight is 257 g/mol. The van der Waals surface area contributed by atoms with Gasteiger partial charge in [0.15, 0.2) is 9.84 Å². The van der Waals surface area contributed by atoms with Crippen LogP contribution in [0.5, 0.6) is 0 Å². The zero-order chi connectivity index (χ0) is 12.6. The van der Waals surface area contributed by atoms with Gasteiger partial charge in [0.25, 0.3) is 0 Å². The quantitative estimate of drug-likeness (QED) is 0.858. The van der Waals surface area contributed by atoms with E-state index in [0.717, 1.165) is 36.3 Å². The Morgan fingerprint density at radius 3 is 2.59 bits per heavy atom. The maximum atomic E-state index is 11.7. The van der Waals surface area contributed by atoms with Crippen molar-refractivity contribution >= 4 is 15.5 Å². The minimum atomic E-state index is -2.97. The molecular formula is C11H19N3O2S. The first-order valence-electron chi connectivity index (χ1n) is 5.86. The van der Waals surface area contributed by atoms with Crippen molar-refractivity contribution in [2.45, 2.75) is 44.4 Å². The van der Waals surface area contributed by atoms with Gasteiger partial charge < -0.3 is 5.32 Å². The lowest BCUT2D eigenvalue weighted by Crippen LogP contribution is -2.34. The topological polar surface area (TPSA) is 74.8 Å². The highest BCUT2D eigenvalue weighted by Crippen LogP contribution is 2.29. The maximum Gasteiger partial charge on any atom is 0.152 e. The van der Waals surface area contributed by atoms with Crippen LogP contribution in [0.3, 0.4) is 0 Å². The normalized spacial score (nSPS) is 25.1. The minimum absolute atomic E-state index is 0.0139. The Morgan fingerprint density at radius 1 is 1.35 bits per heavy atom. The molecule has 2 unspecified atom stereocenters. The van der Waals surface area contributed by atoms with Crippen molar-refractivity contribution in [2.24, 2.45) is 0 Å². The van der Waals surface area contributed by atoms with Gasteiger partial charge in [0.1, 0.15) is 0 Å². The number of hydrogen-bond donors (Lipinski definition) is 2. The Morgan fingerprint density at radius 2 is 2.06 bits per heavy atom. The molecule has 5 nitrogen and oxygen atoms in total. The molecule has 96 valence electrons. The summed E-state index contributed by atoms with van der Waals surface area (Å²) < 4.78 is 23.4. The number of aromatic nitrogens is 2. The molecule has 0 bridgehead atoms. The Balaban J connectivity index is 2.19. The van der Waals surface area contributed by atoms with Gasteiger partial charge in [0.05, 0.1) is 22.3 Å². The molecule has 1 fully saturated rings. The second-order valence-corrected chi connectivity index (χ2v) is 7.12. The number of aromatic amines is 1. The molecule has 1 aromatic heterocycles. The molecule has 1 aliphatic carbocycles. The molecule has 0 saturated heterocycles. The summed E-state index contributed by atoms with van der Waals surface area (Å²) in [5, 5.41) is 10.1. The number of hydrogen-bond acceptors (Lipinski definition) is 4. The molecule has 17 heavy (non-hydrogen) atoms. The van der Waals surface area contributed by atoms with Crippen molar-refractivity contribution in [3.8, 4) is 0 Å². The molecule has 0 aromatic carbocycles. The van der Waals surface area contributed by atoms with Crippen LogP contribution in [0.2, 0.25) is 0 Å². The van der Waals surface area contributed by atoms with Crippen LogP contribution in [0, 0.1) is 13.8 Å². The lowest BCUT2D eigenvalue weighted by molar-refractivity contribution is 0.579. The predicted molar refractivity (Wildman–Crippen MR) is 68.0 cm³/mol. The third-order valence-electron chi connectivity index (χ3n) is 3.46. The van der Waals surface area contributed by atoms with E-state index in [2.05, 4.69) is 15.5 Å². The van der Waals surface area contributed by atoms with Crippen molar-refractivity contribution < 1.29 is 8.42 Å². The van der Waals surface area contributed by atoms with Crippen LogP contribution in [0.1, 0.15) is 30.7 Å². The monoisotopic (exact) mass is 257 g/mol. The van der Waals surface area contributed by atoms with Crippen LogP contribution in [-0.2, 0) is 9.84 Å². The maximum absolute atomic E-state index is 11.7. The van der Waals surface area contributed by atoms with Gasteiger partial charge in [-0.25, -0.2) is 8.42 Å². The van der Waals surface area contributed by atoms with E-state index in [4.69, 9.17) is 0 Å². The smallest absolute Gasteiger partial charge is 0.152 e. The fourth-order valence-corrected chi connectivity index (χ4v) is 3.95. The van der Waals surface area contributed by atoms with E-state index < -0.39 is 9.84 Å². The molecule has 1 saturated carbocycles. The number of H-pyrrole nitrogens is 1. The van der Waals surface area contributed by atoms with Crippen LogP contribution in [0.15, 0.2) is 0 Å². The van der Waals surface area contributed by atoms with Gasteiger partial charge >= 0.3 is 0 Å². The first kappa shape index (κ1) is 12.4. The van der Waals surface area contributed by atoms with Crippen molar-refractivity contribution in [3.05, 3.63) is 11.4 Å². The molecule has 6 heteroatoms. The number of rotatable bonds is 3. The lowest BCUT2D eigenvalue weighted by atomic mass is 10.2. The molecule has 1 heterocycles. The predicted octanol–water partition coefficient (Wildman–Crippen LogP) is 1.40. The van der Waals surface area contributed by atoms with Crippen LogP contribution < -0.4 is 5.32 Å². The van der Waals surface area contributed by atoms with Crippen LogP contribution in [-0.4, -0.2) is 36.2 Å². The van der Waals surface area contributed by atoms with Crippen molar-refractivity contribution in [1.29, 1.82) is 0 Å². The second-order valence-electron chi connectivity index (χ2n) is 4.86. The third kappa shape index (κ3) is 2.46. The summed E-state index contributed by atoms with van der Waals surface area (Å²) in [5.74, 6) is 0. The van der Waals surface area contributed by atoms with Gasteiger partial charge in [-0.2, -0.15) is 5.10 Å². The number of aryl methyl sites for hydroxylation is 2. The number of nitrogens with zero attached hydrogens (tertiary/aromatic N) is 1. The first-order chi connectivity index (χ1) is 7.89. The molecule has 0 aliphatic heterocycles. The molecule has 1 aliphatic rings. The molecule has 0 amide bonds. The van der Waals surface area contributed by atoms with E-state index in [9.17, 15) is 8.42 Å². The molecule has 2 N–H and O–H groups in total. The Kier molecular flexibility index (Phi) is 3.16. The first-order valence-corrected chi connectivity index (χ1v) is 7.82. The summed E-state index contributed by atoms with van der Waals surface area (Å²) in [5.41, 5.74) is 2.80. The van der Waals surface area contributed by atoms with Gasteiger partial charge in [-0.3, -0.25) is 5.10 Å². The number of sulfone groups is 1. The summed E-state index contributed by atoms with van der Waals surface area (Å²) in [6, 6.07) is 0.0139. The highest BCUT2D eigenvalue weighted by Gasteiger charge is 2.35. The third-order valence-corrected chi connectivity index (χ3v) is 5.12. The van der Waals surface area contributed by atoms with E-state index >= 15 is 0 Å². The number of nitrogens with one attached hydrogen (secondary N) is 2. The van der Waals surface area contributed by atoms with E-state index in [1.54, 1.807) is 0 Å². The van der Waals surface area contributed by atoms with Gasteiger partial charge in [-0.1, -0.05) is 0 Å². The summed E-state index contributed by atoms with van der Waals surface area (Å²) >= 11 is 0. The van der Waals surface area contributed by atoms with Gasteiger partial charge in [0, 0.05) is 12.3 Å². The zero-order valence-corrected chi connectivity index (χ0v) is 11.3. The van der Waals surface area contributed by atoms with Gasteiger partial charge in [-0.05, 0) is 33.1 Å². The van der Waals surface area contributed by atoms with E-state index in [1.165, 1.54) is 6.26 Å². The fraction of sp³-hybridized carbons (Fsp3) is 0.727. The van der Waals surface area contributed by atoms with Gasteiger partial charge in [-0.15, -0.1) is 0 Å². The Bertz CT molecular complexity index is 487. The number of anilines is 1. The minimum Gasteiger partial charge on any atom is -0.378 e. The summed E-state index contributed by atoms with van der Waals surface area (Å²) in [4.78, 5) is 0. The molecule has 2 atom stereocenters. The van der Waals surface area contributed by atoms with Crippen LogP contribution in [0.4, 0.5) is 5.69 Å². The second kappa shape index (κ2) is 4.33. The lowest BCUT2D eigenvalue weighted by Gasteiger charge is -2.20. The zero-order valence-electron chi connectivity index (χ0n) is 10.4. The standard InChI is InChI=1S/C11H19N3O2S/c1-7-11(8(2)14-13-7)12-9-5-4-6-10(9)17(3,15)16/h9-10,12H,4-6H2,1-3H3,(H,13,14). The Labute approximate surface area is 102 Å². The van der Waals surface area contributed by atoms with E-state index in [-0.39, 0.29) is 11.3 Å². The molecule has 0 radical (unpaired) electrons. The molecule has 2 rings (SSSR count). The van der Waals surface area contributed by atoms with Crippen LogP contribution in [0.25, 0.3) is 0 Å². The highest BCUT2D eigenvalue weighted by molar-refractivity contribution is 7.91. The van der Waals surface area contributed by atoms with E-state index in [1.807, 2.05) is 13.8 Å². The SMILES string of the molecule is Cc1n[nH]c(C)c1NC1CCCC1S(C)(=O)=O. The Hall–Kier alpha value is -1.04. The summed E-state index contributed by atoms with van der Waals surface area (Å²) in [7, 11) is -2.97. The molecule has 0 spiro atoms. The van der Waals surface area contributed by atoms with Crippen molar-refractivity contribution in [1.82, 2.24) is 10.2 Å².